The molecular weight excluding hydrogens is 520 g/mol. The molecule has 0 aromatic heterocycles. The van der Waals surface area contributed by atoms with Gasteiger partial charge in [-0.15, -0.1) is 24.8 Å². The van der Waals surface area contributed by atoms with Gasteiger partial charge >= 0.3 is 168 Å². The number of halogens is 3. The Hall–Kier alpha value is -0.467. The minimum atomic E-state index is -2.20. The molecule has 1 nitrogen and oxygen atoms in total. The summed E-state index contributed by atoms with van der Waals surface area (Å²) in [5, 5.41) is 0. The van der Waals surface area contributed by atoms with Crippen molar-refractivity contribution >= 4 is 50.1 Å². The van der Waals surface area contributed by atoms with E-state index in [0.29, 0.717) is 5.92 Å². The Bertz CT molecular complexity index is 871. The standard InChI is InChI=1S/C9H13.C7H6.C6H5BrN.2ClH.Zr/c1-6-5-7(2)9(4)8(6)3;1-7-5-3-2-4-6-7;7-5-1-3-6(8)4-2-5;;;/h6H,1-4H3;1-6H;1-4,8H;2*1H;/q;;-1;;;+1. The Labute approximate surface area is 191 Å². The summed E-state index contributed by atoms with van der Waals surface area (Å²) in [4.78, 5) is 0. The van der Waals surface area contributed by atoms with Gasteiger partial charge in [0.2, 0.25) is 0 Å². The maximum atomic E-state index is 3.93. The quantitative estimate of drug-likeness (QED) is 0.423. The van der Waals surface area contributed by atoms with E-state index in [4.69, 9.17) is 0 Å². The number of hydrogen-bond acceptors (Lipinski definition) is 1. The SMILES string of the molecule is CC1=C(C)C(C)[C]([Zr](=[CH]c2ccccc2)[NH]c2ccc(Br)cc2)=C1C.Cl.Cl. The third kappa shape index (κ3) is 5.76. The van der Waals surface area contributed by atoms with Gasteiger partial charge in [0.05, 0.1) is 0 Å². The van der Waals surface area contributed by atoms with E-state index in [-0.39, 0.29) is 24.8 Å². The zero-order valence-corrected chi connectivity index (χ0v) is 21.7. The van der Waals surface area contributed by atoms with Crippen LogP contribution in [0.4, 0.5) is 5.69 Å². The van der Waals surface area contributed by atoms with Gasteiger partial charge in [0, 0.05) is 0 Å². The summed E-state index contributed by atoms with van der Waals surface area (Å²) in [6.45, 7) is 9.24. The Kier molecular flexibility index (Phi) is 9.93. The summed E-state index contributed by atoms with van der Waals surface area (Å²) >= 11 is 1.34. The first-order valence-electron chi connectivity index (χ1n) is 8.65. The second kappa shape index (κ2) is 10.9. The van der Waals surface area contributed by atoms with Crippen molar-refractivity contribution in [3.05, 3.63) is 84.6 Å². The van der Waals surface area contributed by atoms with Gasteiger partial charge < -0.3 is 0 Å². The molecule has 2 aromatic carbocycles. The normalized spacial score (nSPS) is 16.8. The van der Waals surface area contributed by atoms with Crippen LogP contribution in [0.2, 0.25) is 0 Å². The van der Waals surface area contributed by atoms with Crippen LogP contribution < -0.4 is 3.26 Å². The summed E-state index contributed by atoms with van der Waals surface area (Å²) < 4.78 is 9.26. The number of benzene rings is 2. The van der Waals surface area contributed by atoms with E-state index in [0.717, 1.165) is 4.47 Å². The van der Waals surface area contributed by atoms with Gasteiger partial charge in [-0.1, -0.05) is 0 Å². The van der Waals surface area contributed by atoms with Gasteiger partial charge in [0.1, 0.15) is 0 Å². The molecular formula is C22H26BrCl2NZr. The van der Waals surface area contributed by atoms with Crippen LogP contribution >= 0.6 is 40.7 Å². The average molecular weight is 546 g/mol. The molecule has 1 N–H and O–H groups in total. The van der Waals surface area contributed by atoms with Gasteiger partial charge in [-0.25, -0.2) is 0 Å². The van der Waals surface area contributed by atoms with Gasteiger partial charge in [-0.3, -0.25) is 0 Å². The molecule has 1 atom stereocenters. The molecule has 0 radical (unpaired) electrons. The minimum Gasteiger partial charge on any atom is -0.147 e. The van der Waals surface area contributed by atoms with Crippen molar-refractivity contribution < 1.29 is 21.6 Å². The number of anilines is 1. The van der Waals surface area contributed by atoms with Crippen molar-refractivity contribution in [3.63, 3.8) is 0 Å². The molecule has 1 aliphatic carbocycles. The molecule has 1 unspecified atom stereocenters. The zero-order chi connectivity index (χ0) is 18.0. The molecule has 5 heteroatoms. The third-order valence-electron chi connectivity index (χ3n) is 5.16. The predicted octanol–water partition coefficient (Wildman–Crippen LogP) is 7.35. The smallest absolute Gasteiger partial charge is 0.147 e. The van der Waals surface area contributed by atoms with E-state index in [1.165, 1.54) is 28.0 Å². The molecule has 0 aliphatic heterocycles. The molecule has 0 saturated carbocycles. The van der Waals surface area contributed by atoms with E-state index in [2.05, 4.69) is 105 Å². The van der Waals surface area contributed by atoms with E-state index >= 15 is 0 Å². The monoisotopic (exact) mass is 543 g/mol. The summed E-state index contributed by atoms with van der Waals surface area (Å²) in [6.07, 6.45) is 0. The molecule has 1 aliphatic rings. The minimum absolute atomic E-state index is 0. The summed E-state index contributed by atoms with van der Waals surface area (Å²) in [7, 11) is 0. The van der Waals surface area contributed by atoms with Crippen LogP contribution in [0.15, 0.2) is 79.1 Å². The summed E-state index contributed by atoms with van der Waals surface area (Å²) in [5.41, 5.74) is 7.08. The van der Waals surface area contributed by atoms with E-state index in [1.807, 2.05) is 0 Å². The second-order valence-corrected chi connectivity index (χ2v) is 12.3. The topological polar surface area (TPSA) is 12.0 Å². The molecule has 0 saturated heterocycles. The number of allylic oxidation sites excluding steroid dienone is 4. The van der Waals surface area contributed by atoms with E-state index in [1.54, 1.807) is 3.28 Å². The maximum Gasteiger partial charge on any atom is -0.147 e. The van der Waals surface area contributed by atoms with Crippen LogP contribution in [0.5, 0.6) is 0 Å². The molecule has 144 valence electrons. The number of rotatable bonds is 4. The van der Waals surface area contributed by atoms with Crippen molar-refractivity contribution in [2.24, 2.45) is 5.92 Å². The Morgan fingerprint density at radius 1 is 0.889 bits per heavy atom. The first kappa shape index (κ1) is 24.6. The molecule has 2 aromatic rings. The maximum absolute atomic E-state index is 3.93. The fourth-order valence-electron chi connectivity index (χ4n) is 3.38. The van der Waals surface area contributed by atoms with Gasteiger partial charge in [-0.2, -0.15) is 0 Å². The Morgan fingerprint density at radius 2 is 1.48 bits per heavy atom. The summed E-state index contributed by atoms with van der Waals surface area (Å²) in [6, 6.07) is 19.3. The third-order valence-corrected chi connectivity index (χ3v) is 12.0. The molecule has 0 spiro atoms. The van der Waals surface area contributed by atoms with Crippen molar-refractivity contribution in [1.82, 2.24) is 0 Å². The van der Waals surface area contributed by atoms with E-state index in [9.17, 15) is 0 Å². The molecule has 0 heterocycles. The molecule has 0 bridgehead atoms. The van der Waals surface area contributed by atoms with E-state index < -0.39 is 21.6 Å². The van der Waals surface area contributed by atoms with Crippen molar-refractivity contribution in [3.8, 4) is 0 Å². The van der Waals surface area contributed by atoms with Crippen LogP contribution in [0.1, 0.15) is 33.3 Å². The van der Waals surface area contributed by atoms with Crippen LogP contribution in [0.3, 0.4) is 0 Å². The average Bonchev–Trinajstić information content (AvgIpc) is 2.81. The van der Waals surface area contributed by atoms with Crippen LogP contribution in [0.25, 0.3) is 0 Å². The molecule has 3 rings (SSSR count). The first-order chi connectivity index (χ1) is 12.0. The number of hydrogen-bond donors (Lipinski definition) is 1. The molecule has 0 amide bonds. The van der Waals surface area contributed by atoms with Crippen LogP contribution in [0, 0.1) is 5.92 Å². The van der Waals surface area contributed by atoms with Crippen molar-refractivity contribution in [2.75, 3.05) is 3.26 Å². The van der Waals surface area contributed by atoms with Crippen LogP contribution in [-0.4, -0.2) is 3.71 Å². The van der Waals surface area contributed by atoms with Crippen molar-refractivity contribution in [2.45, 2.75) is 27.7 Å². The van der Waals surface area contributed by atoms with Gasteiger partial charge in [0.15, 0.2) is 0 Å². The Balaban J connectivity index is 0.00000182. The fourth-order valence-corrected chi connectivity index (χ4v) is 10.1. The van der Waals surface area contributed by atoms with Crippen molar-refractivity contribution in [1.29, 1.82) is 0 Å². The second-order valence-electron chi connectivity index (χ2n) is 6.67. The molecule has 27 heavy (non-hydrogen) atoms. The predicted molar refractivity (Wildman–Crippen MR) is 124 cm³/mol. The Morgan fingerprint density at radius 3 is 2.00 bits per heavy atom. The summed E-state index contributed by atoms with van der Waals surface area (Å²) in [5.74, 6) is 0.553. The van der Waals surface area contributed by atoms with Crippen LogP contribution in [-0.2, 0) is 21.6 Å². The number of nitrogens with one attached hydrogen (secondary N) is 1. The molecule has 0 fully saturated rings. The largest absolute Gasteiger partial charge is 0.147 e. The first-order valence-corrected chi connectivity index (χ1v) is 13.3. The fraction of sp³-hybridized carbons (Fsp3) is 0.227. The van der Waals surface area contributed by atoms with Gasteiger partial charge in [-0.05, 0) is 0 Å². The van der Waals surface area contributed by atoms with Gasteiger partial charge in [0.25, 0.3) is 0 Å². The zero-order valence-electron chi connectivity index (χ0n) is 16.0.